The SMILES string of the molecule is CC(C)CN=C(N)NCCCS(N)(=O)=O. The van der Waals surface area contributed by atoms with Crippen molar-refractivity contribution in [1.29, 1.82) is 0 Å². The van der Waals surface area contributed by atoms with Gasteiger partial charge in [0.25, 0.3) is 0 Å². The Morgan fingerprint density at radius 1 is 1.47 bits per heavy atom. The molecule has 0 aliphatic carbocycles. The Balaban J connectivity index is 3.64. The van der Waals surface area contributed by atoms with Crippen LogP contribution in [0.15, 0.2) is 4.99 Å². The van der Waals surface area contributed by atoms with E-state index in [0.717, 1.165) is 0 Å². The van der Waals surface area contributed by atoms with E-state index in [1.165, 1.54) is 0 Å². The number of guanidine groups is 1. The molecular weight excluding hydrogens is 216 g/mol. The second-order valence-corrected chi connectivity index (χ2v) is 5.50. The lowest BCUT2D eigenvalue weighted by molar-refractivity contribution is 0.594. The number of sulfonamides is 1. The molecule has 0 atom stereocenters. The van der Waals surface area contributed by atoms with Crippen molar-refractivity contribution in [2.45, 2.75) is 20.3 Å². The first-order chi connectivity index (χ1) is 6.81. The fraction of sp³-hybridized carbons (Fsp3) is 0.875. The van der Waals surface area contributed by atoms with Gasteiger partial charge in [0.1, 0.15) is 0 Å². The molecule has 6 nitrogen and oxygen atoms in total. The summed E-state index contributed by atoms with van der Waals surface area (Å²) >= 11 is 0. The van der Waals surface area contributed by atoms with Crippen LogP contribution in [0.1, 0.15) is 20.3 Å². The van der Waals surface area contributed by atoms with Crippen molar-refractivity contribution in [3.63, 3.8) is 0 Å². The quantitative estimate of drug-likeness (QED) is 0.319. The highest BCUT2D eigenvalue weighted by atomic mass is 32.2. The molecule has 15 heavy (non-hydrogen) atoms. The molecule has 0 aromatic heterocycles. The molecule has 0 saturated heterocycles. The third kappa shape index (κ3) is 11.1. The summed E-state index contributed by atoms with van der Waals surface area (Å²) in [7, 11) is -3.37. The second kappa shape index (κ2) is 6.62. The van der Waals surface area contributed by atoms with Gasteiger partial charge in [-0.1, -0.05) is 13.8 Å². The van der Waals surface area contributed by atoms with Crippen molar-refractivity contribution < 1.29 is 8.42 Å². The number of hydrogen-bond donors (Lipinski definition) is 3. The number of nitrogens with one attached hydrogen (secondary N) is 1. The van der Waals surface area contributed by atoms with Gasteiger partial charge in [-0.05, 0) is 12.3 Å². The lowest BCUT2D eigenvalue weighted by Gasteiger charge is -2.05. The van der Waals surface area contributed by atoms with Gasteiger partial charge < -0.3 is 11.1 Å². The monoisotopic (exact) mass is 236 g/mol. The first-order valence-corrected chi connectivity index (χ1v) is 6.57. The fourth-order valence-corrected chi connectivity index (χ4v) is 1.37. The van der Waals surface area contributed by atoms with Gasteiger partial charge in [-0.15, -0.1) is 0 Å². The summed E-state index contributed by atoms with van der Waals surface area (Å²) in [5, 5.41) is 7.65. The van der Waals surface area contributed by atoms with Crippen molar-refractivity contribution >= 4 is 16.0 Å². The van der Waals surface area contributed by atoms with Crippen LogP contribution in [0.2, 0.25) is 0 Å². The largest absolute Gasteiger partial charge is 0.370 e. The van der Waals surface area contributed by atoms with E-state index < -0.39 is 10.0 Å². The van der Waals surface area contributed by atoms with Gasteiger partial charge in [0.05, 0.1) is 5.75 Å². The van der Waals surface area contributed by atoms with Gasteiger partial charge in [0.2, 0.25) is 10.0 Å². The Morgan fingerprint density at radius 2 is 2.07 bits per heavy atom. The van der Waals surface area contributed by atoms with Crippen molar-refractivity contribution in [3.8, 4) is 0 Å². The van der Waals surface area contributed by atoms with Crippen molar-refractivity contribution in [1.82, 2.24) is 5.32 Å². The summed E-state index contributed by atoms with van der Waals surface area (Å²) in [6.45, 7) is 5.20. The number of primary sulfonamides is 1. The van der Waals surface area contributed by atoms with Gasteiger partial charge >= 0.3 is 0 Å². The molecule has 0 aromatic carbocycles. The van der Waals surface area contributed by atoms with Gasteiger partial charge in [-0.3, -0.25) is 4.99 Å². The Morgan fingerprint density at radius 3 is 2.53 bits per heavy atom. The predicted molar refractivity (Wildman–Crippen MR) is 61.9 cm³/mol. The smallest absolute Gasteiger partial charge is 0.209 e. The summed E-state index contributed by atoms with van der Waals surface area (Å²) in [6, 6.07) is 0. The molecule has 0 spiro atoms. The molecule has 0 amide bonds. The first-order valence-electron chi connectivity index (χ1n) is 4.85. The molecule has 7 heteroatoms. The average molecular weight is 236 g/mol. The molecule has 0 aromatic rings. The van der Waals surface area contributed by atoms with Crippen molar-refractivity contribution in [3.05, 3.63) is 0 Å². The highest BCUT2D eigenvalue weighted by Gasteiger charge is 2.01. The van der Waals surface area contributed by atoms with Crippen LogP contribution in [0.25, 0.3) is 0 Å². The highest BCUT2D eigenvalue weighted by molar-refractivity contribution is 7.89. The normalized spacial score (nSPS) is 13.2. The average Bonchev–Trinajstić information content (AvgIpc) is 2.07. The van der Waals surface area contributed by atoms with Crippen LogP contribution in [0.5, 0.6) is 0 Å². The second-order valence-electron chi connectivity index (χ2n) is 3.77. The van der Waals surface area contributed by atoms with E-state index in [9.17, 15) is 8.42 Å². The number of nitrogens with zero attached hydrogens (tertiary/aromatic N) is 1. The lowest BCUT2D eigenvalue weighted by atomic mass is 10.2. The van der Waals surface area contributed by atoms with E-state index in [1.54, 1.807) is 0 Å². The van der Waals surface area contributed by atoms with Gasteiger partial charge in [0, 0.05) is 13.1 Å². The van der Waals surface area contributed by atoms with E-state index in [2.05, 4.69) is 10.3 Å². The molecule has 90 valence electrons. The van der Waals surface area contributed by atoms with E-state index >= 15 is 0 Å². The molecule has 0 radical (unpaired) electrons. The van der Waals surface area contributed by atoms with Crippen molar-refractivity contribution in [2.24, 2.45) is 21.8 Å². The maximum absolute atomic E-state index is 10.6. The Hall–Kier alpha value is -0.820. The Bertz CT molecular complexity index is 298. The molecule has 0 bridgehead atoms. The minimum Gasteiger partial charge on any atom is -0.370 e. The summed E-state index contributed by atoms with van der Waals surface area (Å²) < 4.78 is 21.2. The zero-order chi connectivity index (χ0) is 11.9. The maximum Gasteiger partial charge on any atom is 0.209 e. The zero-order valence-corrected chi connectivity index (χ0v) is 10.0. The molecule has 0 unspecified atom stereocenters. The minimum atomic E-state index is -3.37. The van der Waals surface area contributed by atoms with Crippen molar-refractivity contribution in [2.75, 3.05) is 18.8 Å². The fourth-order valence-electron chi connectivity index (χ4n) is 0.827. The predicted octanol–water partition coefficient (Wildman–Crippen LogP) is -0.775. The summed E-state index contributed by atoms with van der Waals surface area (Å²) in [4.78, 5) is 4.06. The zero-order valence-electron chi connectivity index (χ0n) is 9.23. The van der Waals surface area contributed by atoms with Crippen LogP contribution in [0.4, 0.5) is 0 Å². The molecule has 0 aliphatic heterocycles. The van der Waals surface area contributed by atoms with Gasteiger partial charge in [-0.25, -0.2) is 13.6 Å². The Kier molecular flexibility index (Phi) is 6.26. The third-order valence-corrected chi connectivity index (χ3v) is 2.40. The summed E-state index contributed by atoms with van der Waals surface area (Å²) in [6.07, 6.45) is 0.427. The van der Waals surface area contributed by atoms with Gasteiger partial charge in [0.15, 0.2) is 5.96 Å². The van der Waals surface area contributed by atoms with E-state index in [0.29, 0.717) is 31.4 Å². The number of hydrogen-bond acceptors (Lipinski definition) is 3. The van der Waals surface area contributed by atoms with Crippen LogP contribution in [-0.2, 0) is 10.0 Å². The molecule has 0 heterocycles. The van der Waals surface area contributed by atoms with Gasteiger partial charge in [-0.2, -0.15) is 0 Å². The first kappa shape index (κ1) is 14.2. The number of aliphatic imine (C=N–C) groups is 1. The third-order valence-electron chi connectivity index (χ3n) is 1.54. The highest BCUT2D eigenvalue weighted by Crippen LogP contribution is 1.90. The van der Waals surface area contributed by atoms with Crippen LogP contribution < -0.4 is 16.2 Å². The van der Waals surface area contributed by atoms with Crippen LogP contribution >= 0.6 is 0 Å². The molecular formula is C8H20N4O2S. The molecule has 0 saturated carbocycles. The topological polar surface area (TPSA) is 111 Å². The van der Waals surface area contributed by atoms with E-state index in [1.807, 2.05) is 13.8 Å². The lowest BCUT2D eigenvalue weighted by Crippen LogP contribution is -2.34. The Labute approximate surface area is 91.2 Å². The minimum absolute atomic E-state index is 0.0442. The van der Waals surface area contributed by atoms with Crippen LogP contribution in [-0.4, -0.2) is 33.2 Å². The standard InChI is InChI=1S/C8H20N4O2S/c1-7(2)6-12-8(9)11-4-3-5-15(10,13)14/h7H,3-6H2,1-2H3,(H3,9,11,12)(H2,10,13,14). The molecule has 0 aliphatic rings. The van der Waals surface area contributed by atoms with Crippen LogP contribution in [0.3, 0.4) is 0 Å². The van der Waals surface area contributed by atoms with E-state index in [4.69, 9.17) is 10.9 Å². The number of rotatable bonds is 6. The number of nitrogens with two attached hydrogens (primary N) is 2. The van der Waals surface area contributed by atoms with Crippen LogP contribution in [0, 0.1) is 5.92 Å². The maximum atomic E-state index is 10.6. The summed E-state index contributed by atoms with van der Waals surface area (Å²) in [5.41, 5.74) is 5.53. The van der Waals surface area contributed by atoms with E-state index in [-0.39, 0.29) is 5.75 Å². The summed E-state index contributed by atoms with van der Waals surface area (Å²) in [5.74, 6) is 0.755. The molecule has 5 N–H and O–H groups in total. The molecule has 0 fully saturated rings. The molecule has 0 rings (SSSR count).